The molecule has 0 bridgehead atoms. The number of carbonyl (C=O) groups excluding carboxylic acids is 4. The normalized spacial score (nSPS) is 13.6. The number of hydrogen-bond donors (Lipinski definition) is 1. The van der Waals surface area contributed by atoms with Crippen LogP contribution in [0.2, 0.25) is 0 Å². The Labute approximate surface area is 179 Å². The van der Waals surface area contributed by atoms with Crippen LogP contribution in [0.15, 0.2) is 78.9 Å². The van der Waals surface area contributed by atoms with Gasteiger partial charge in [0.1, 0.15) is 6.04 Å². The number of nitrogens with one attached hydrogen (secondary N) is 1. The second-order valence-electron chi connectivity index (χ2n) is 7.36. The molecule has 154 valence electrons. The fourth-order valence-electron chi connectivity index (χ4n) is 3.67. The lowest BCUT2D eigenvalue weighted by molar-refractivity contribution is -0.119. The summed E-state index contributed by atoms with van der Waals surface area (Å²) < 4.78 is 0. The largest absolute Gasteiger partial charge is 0.324 e. The van der Waals surface area contributed by atoms with E-state index in [-0.39, 0.29) is 23.3 Å². The van der Waals surface area contributed by atoms with Crippen LogP contribution in [0.4, 0.5) is 5.69 Å². The van der Waals surface area contributed by atoms with Gasteiger partial charge in [0.25, 0.3) is 11.8 Å². The lowest BCUT2D eigenvalue weighted by Crippen LogP contribution is -2.48. The molecule has 0 fully saturated rings. The molecule has 1 atom stereocenters. The molecule has 0 spiro atoms. The second kappa shape index (κ2) is 8.36. The zero-order valence-corrected chi connectivity index (χ0v) is 16.9. The van der Waals surface area contributed by atoms with Crippen molar-refractivity contribution in [2.45, 2.75) is 19.4 Å². The van der Waals surface area contributed by atoms with Crippen molar-refractivity contribution in [3.8, 4) is 0 Å². The van der Waals surface area contributed by atoms with Crippen LogP contribution in [0, 0.1) is 0 Å². The van der Waals surface area contributed by atoms with Gasteiger partial charge >= 0.3 is 0 Å². The van der Waals surface area contributed by atoms with Gasteiger partial charge in [-0.3, -0.25) is 24.1 Å². The van der Waals surface area contributed by atoms with Gasteiger partial charge in [0, 0.05) is 17.7 Å². The number of amides is 3. The highest BCUT2D eigenvalue weighted by Crippen LogP contribution is 2.26. The Morgan fingerprint density at radius 1 is 0.839 bits per heavy atom. The summed E-state index contributed by atoms with van der Waals surface area (Å²) >= 11 is 0. The van der Waals surface area contributed by atoms with E-state index in [1.165, 1.54) is 6.92 Å². The van der Waals surface area contributed by atoms with Crippen molar-refractivity contribution in [1.29, 1.82) is 0 Å². The number of Topliss-reactive ketones (excluding diaryl/α,β-unsaturated/α-hetero) is 1. The molecule has 3 aromatic carbocycles. The Kier molecular flexibility index (Phi) is 5.45. The Hall–Kier alpha value is -4.06. The van der Waals surface area contributed by atoms with Crippen LogP contribution in [-0.2, 0) is 11.2 Å². The van der Waals surface area contributed by atoms with E-state index in [9.17, 15) is 19.2 Å². The molecule has 0 aromatic heterocycles. The third kappa shape index (κ3) is 4.00. The van der Waals surface area contributed by atoms with Gasteiger partial charge in [-0.25, -0.2) is 0 Å². The Morgan fingerprint density at radius 3 is 2.06 bits per heavy atom. The highest BCUT2D eigenvalue weighted by atomic mass is 16.2. The van der Waals surface area contributed by atoms with Crippen molar-refractivity contribution >= 4 is 29.2 Å². The van der Waals surface area contributed by atoms with Gasteiger partial charge in [-0.15, -0.1) is 0 Å². The van der Waals surface area contributed by atoms with Gasteiger partial charge in [0.05, 0.1) is 11.1 Å². The number of fused-ring (bicyclic) bond motifs is 1. The van der Waals surface area contributed by atoms with Crippen LogP contribution in [0.25, 0.3) is 0 Å². The number of anilines is 1. The number of benzene rings is 3. The average Bonchev–Trinajstić information content (AvgIpc) is 3.03. The molecule has 3 aromatic rings. The van der Waals surface area contributed by atoms with Crippen molar-refractivity contribution in [2.75, 3.05) is 5.32 Å². The molecule has 0 aliphatic carbocycles. The van der Waals surface area contributed by atoms with Gasteiger partial charge in [0.2, 0.25) is 5.91 Å². The van der Waals surface area contributed by atoms with E-state index in [0.29, 0.717) is 11.3 Å². The first-order valence-electron chi connectivity index (χ1n) is 9.88. The minimum atomic E-state index is -1.05. The number of carbonyl (C=O) groups is 4. The van der Waals surface area contributed by atoms with Crippen LogP contribution in [0.3, 0.4) is 0 Å². The van der Waals surface area contributed by atoms with Gasteiger partial charge in [-0.1, -0.05) is 54.6 Å². The molecule has 1 N–H and O–H groups in total. The van der Waals surface area contributed by atoms with E-state index in [2.05, 4.69) is 5.32 Å². The maximum absolute atomic E-state index is 13.3. The molecule has 0 radical (unpaired) electrons. The molecule has 1 heterocycles. The minimum absolute atomic E-state index is 0.128. The Morgan fingerprint density at radius 2 is 1.45 bits per heavy atom. The van der Waals surface area contributed by atoms with Crippen LogP contribution in [-0.4, -0.2) is 34.4 Å². The van der Waals surface area contributed by atoms with E-state index in [4.69, 9.17) is 0 Å². The molecule has 31 heavy (non-hydrogen) atoms. The van der Waals surface area contributed by atoms with E-state index in [1.807, 2.05) is 30.3 Å². The smallest absolute Gasteiger partial charge is 0.262 e. The topological polar surface area (TPSA) is 83.6 Å². The van der Waals surface area contributed by atoms with Crippen LogP contribution < -0.4 is 5.32 Å². The number of rotatable bonds is 6. The molecule has 1 aliphatic heterocycles. The van der Waals surface area contributed by atoms with Crippen LogP contribution >= 0.6 is 0 Å². The van der Waals surface area contributed by atoms with Crippen molar-refractivity contribution in [2.24, 2.45) is 0 Å². The van der Waals surface area contributed by atoms with Gasteiger partial charge in [-0.05, 0) is 36.8 Å². The molecular weight excluding hydrogens is 392 g/mol. The van der Waals surface area contributed by atoms with Gasteiger partial charge < -0.3 is 5.32 Å². The molecular formula is C25H20N2O4. The zero-order valence-electron chi connectivity index (χ0n) is 16.9. The summed E-state index contributed by atoms with van der Waals surface area (Å²) in [6.07, 6.45) is 0.171. The lowest BCUT2D eigenvalue weighted by atomic mass is 10.0. The summed E-state index contributed by atoms with van der Waals surface area (Å²) in [7, 11) is 0. The molecule has 0 saturated carbocycles. The minimum Gasteiger partial charge on any atom is -0.324 e. The first-order chi connectivity index (χ1) is 15.0. The molecule has 0 saturated heterocycles. The Balaban J connectivity index is 1.67. The van der Waals surface area contributed by atoms with Crippen molar-refractivity contribution < 1.29 is 19.2 Å². The monoisotopic (exact) mass is 412 g/mol. The van der Waals surface area contributed by atoms with E-state index in [1.54, 1.807) is 48.5 Å². The summed E-state index contributed by atoms with van der Waals surface area (Å²) in [6.45, 7) is 1.44. The SMILES string of the molecule is CC(=O)c1cccc(NC(=O)C(Cc2ccccc2)N2C(=O)c3ccccc3C2=O)c1. The standard InChI is InChI=1S/C25H20N2O4/c1-16(28)18-10-7-11-19(15-18)26-23(29)22(14-17-8-3-2-4-9-17)27-24(30)20-12-5-6-13-21(20)25(27)31/h2-13,15,22H,14H2,1H3,(H,26,29). The quantitative estimate of drug-likeness (QED) is 0.494. The van der Waals surface area contributed by atoms with Gasteiger partial charge in [0.15, 0.2) is 5.78 Å². The lowest BCUT2D eigenvalue weighted by Gasteiger charge is -2.25. The summed E-state index contributed by atoms with van der Waals surface area (Å²) in [5.41, 5.74) is 2.27. The predicted molar refractivity (Wildman–Crippen MR) is 116 cm³/mol. The second-order valence-corrected chi connectivity index (χ2v) is 7.36. The summed E-state index contributed by atoms with van der Waals surface area (Å²) in [6, 6.07) is 21.3. The zero-order chi connectivity index (χ0) is 22.0. The number of hydrogen-bond acceptors (Lipinski definition) is 4. The van der Waals surface area contributed by atoms with Gasteiger partial charge in [-0.2, -0.15) is 0 Å². The van der Waals surface area contributed by atoms with Crippen molar-refractivity contribution in [3.63, 3.8) is 0 Å². The molecule has 1 unspecified atom stereocenters. The summed E-state index contributed by atoms with van der Waals surface area (Å²) in [4.78, 5) is 52.0. The highest BCUT2D eigenvalue weighted by molar-refractivity contribution is 6.23. The van der Waals surface area contributed by atoms with Crippen molar-refractivity contribution in [1.82, 2.24) is 4.90 Å². The summed E-state index contributed by atoms with van der Waals surface area (Å²) in [5, 5.41) is 2.77. The molecule has 1 aliphatic rings. The van der Waals surface area contributed by atoms with E-state index in [0.717, 1.165) is 10.5 Å². The maximum atomic E-state index is 13.3. The first kappa shape index (κ1) is 20.2. The molecule has 6 nitrogen and oxygen atoms in total. The van der Waals surface area contributed by atoms with Crippen LogP contribution in [0.5, 0.6) is 0 Å². The first-order valence-corrected chi connectivity index (χ1v) is 9.88. The molecule has 6 heteroatoms. The van der Waals surface area contributed by atoms with Crippen molar-refractivity contribution in [3.05, 3.63) is 101 Å². The Bertz CT molecular complexity index is 1150. The maximum Gasteiger partial charge on any atom is 0.262 e. The number of imide groups is 1. The predicted octanol–water partition coefficient (Wildman–Crippen LogP) is 3.74. The number of ketones is 1. The summed E-state index contributed by atoms with van der Waals surface area (Å²) in [5.74, 6) is -1.61. The highest BCUT2D eigenvalue weighted by Gasteiger charge is 2.42. The third-order valence-electron chi connectivity index (χ3n) is 5.25. The molecule has 3 amide bonds. The van der Waals surface area contributed by atoms with Crippen LogP contribution in [0.1, 0.15) is 43.6 Å². The fourth-order valence-corrected chi connectivity index (χ4v) is 3.67. The third-order valence-corrected chi connectivity index (χ3v) is 5.25. The van der Waals surface area contributed by atoms with E-state index < -0.39 is 23.8 Å². The fraction of sp³-hybridized carbons (Fsp3) is 0.120. The molecule has 4 rings (SSSR count). The van der Waals surface area contributed by atoms with E-state index >= 15 is 0 Å². The number of nitrogens with zero attached hydrogens (tertiary/aromatic N) is 1. The average molecular weight is 412 g/mol.